The van der Waals surface area contributed by atoms with Crippen LogP contribution in [0, 0.1) is 0 Å². The van der Waals surface area contributed by atoms with Gasteiger partial charge >= 0.3 is 0 Å². The van der Waals surface area contributed by atoms with Crippen molar-refractivity contribution in [3.63, 3.8) is 0 Å². The van der Waals surface area contributed by atoms with Crippen LogP contribution in [-0.4, -0.2) is 57.9 Å². The molecule has 7 heteroatoms. The van der Waals surface area contributed by atoms with Crippen molar-refractivity contribution in [1.82, 2.24) is 19.6 Å². The number of benzene rings is 2. The van der Waals surface area contributed by atoms with Crippen LogP contribution in [0.4, 0.5) is 0 Å². The first-order valence-electron chi connectivity index (χ1n) is 11.5. The zero-order valence-electron chi connectivity index (χ0n) is 18.8. The number of amides is 1. The van der Waals surface area contributed by atoms with Crippen molar-refractivity contribution >= 4 is 23.7 Å². The molecule has 1 amide bonds. The maximum atomic E-state index is 13.3. The van der Waals surface area contributed by atoms with Gasteiger partial charge in [0.2, 0.25) is 5.91 Å². The Bertz CT molecular complexity index is 1250. The Balaban J connectivity index is 1.33. The molecule has 172 valence electrons. The van der Waals surface area contributed by atoms with Crippen molar-refractivity contribution in [2.45, 2.75) is 13.0 Å². The molecule has 3 aromatic rings. The highest BCUT2D eigenvalue weighted by Crippen LogP contribution is 2.28. The number of hydrogen-bond donors (Lipinski definition) is 0. The molecule has 2 aliphatic rings. The van der Waals surface area contributed by atoms with Gasteiger partial charge in [0.1, 0.15) is 12.4 Å². The number of halogens is 1. The third-order valence-electron chi connectivity index (χ3n) is 6.08. The number of piperazine rings is 1. The zero-order valence-corrected chi connectivity index (χ0v) is 19.6. The van der Waals surface area contributed by atoms with E-state index in [1.54, 1.807) is 0 Å². The number of allylic oxidation sites excluding steroid dienone is 3. The van der Waals surface area contributed by atoms with Crippen LogP contribution in [0.1, 0.15) is 6.42 Å². The fourth-order valence-electron chi connectivity index (χ4n) is 4.28. The molecule has 0 saturated carbocycles. The lowest BCUT2D eigenvalue weighted by Crippen LogP contribution is -2.49. The van der Waals surface area contributed by atoms with Crippen LogP contribution < -0.4 is 0 Å². The van der Waals surface area contributed by atoms with Gasteiger partial charge < -0.3 is 9.80 Å². The van der Waals surface area contributed by atoms with Crippen LogP contribution in [0.25, 0.3) is 22.5 Å². The summed E-state index contributed by atoms with van der Waals surface area (Å²) in [6.07, 6.45) is 8.89. The number of rotatable bonds is 5. The van der Waals surface area contributed by atoms with E-state index in [4.69, 9.17) is 16.7 Å². The molecule has 0 aliphatic carbocycles. The van der Waals surface area contributed by atoms with Crippen molar-refractivity contribution in [2.24, 2.45) is 4.99 Å². The van der Waals surface area contributed by atoms with E-state index >= 15 is 0 Å². The lowest BCUT2D eigenvalue weighted by Gasteiger charge is -2.36. The van der Waals surface area contributed by atoms with Crippen molar-refractivity contribution in [2.75, 3.05) is 26.2 Å². The van der Waals surface area contributed by atoms with Gasteiger partial charge in [-0.15, -0.1) is 0 Å². The molecular weight excluding hydrogens is 446 g/mol. The largest absolute Gasteiger partial charge is 0.353 e. The smallest absolute Gasteiger partial charge is 0.244 e. The van der Waals surface area contributed by atoms with E-state index in [9.17, 15) is 4.79 Å². The molecule has 5 rings (SSSR count). The summed E-state index contributed by atoms with van der Waals surface area (Å²) in [5, 5.41) is 5.45. The molecule has 34 heavy (non-hydrogen) atoms. The van der Waals surface area contributed by atoms with Crippen molar-refractivity contribution < 1.29 is 4.79 Å². The summed E-state index contributed by atoms with van der Waals surface area (Å²) in [7, 11) is 0. The number of hydrogen-bond acceptors (Lipinski definition) is 4. The SMILES string of the molecule is O=C(Cn1nc(-c2cccc(Cl)c2)cc1-c1ccccc1)N1CCN(C2=CCC=CC=N2)CC1. The second-order valence-corrected chi connectivity index (χ2v) is 8.76. The molecule has 1 fully saturated rings. The maximum Gasteiger partial charge on any atom is 0.244 e. The average molecular weight is 472 g/mol. The van der Waals surface area contributed by atoms with Gasteiger partial charge in [-0.05, 0) is 42.3 Å². The molecular formula is C27H26ClN5O. The van der Waals surface area contributed by atoms with Crippen LogP contribution in [0.5, 0.6) is 0 Å². The monoisotopic (exact) mass is 471 g/mol. The van der Waals surface area contributed by atoms with Crippen LogP contribution in [0.3, 0.4) is 0 Å². The van der Waals surface area contributed by atoms with E-state index in [1.807, 2.05) is 82.5 Å². The summed E-state index contributed by atoms with van der Waals surface area (Å²) in [5.41, 5.74) is 3.66. The molecule has 6 nitrogen and oxygen atoms in total. The molecule has 0 radical (unpaired) electrons. The number of aromatic nitrogens is 2. The van der Waals surface area contributed by atoms with Crippen molar-refractivity contribution in [3.05, 3.63) is 89.7 Å². The van der Waals surface area contributed by atoms with Crippen molar-refractivity contribution in [3.8, 4) is 22.5 Å². The van der Waals surface area contributed by atoms with E-state index in [0.717, 1.165) is 47.8 Å². The first-order valence-corrected chi connectivity index (χ1v) is 11.9. The summed E-state index contributed by atoms with van der Waals surface area (Å²) in [4.78, 5) is 21.9. The minimum absolute atomic E-state index is 0.0672. The fraction of sp³-hybridized carbons (Fsp3) is 0.222. The Morgan fingerprint density at radius 1 is 0.941 bits per heavy atom. The molecule has 1 aromatic heterocycles. The number of carbonyl (C=O) groups excluding carboxylic acids is 1. The fourth-order valence-corrected chi connectivity index (χ4v) is 4.47. The van der Waals surface area contributed by atoms with E-state index in [-0.39, 0.29) is 12.5 Å². The highest BCUT2D eigenvalue weighted by atomic mass is 35.5. The minimum Gasteiger partial charge on any atom is -0.353 e. The van der Waals surface area contributed by atoms with Crippen LogP contribution in [0.15, 0.2) is 89.7 Å². The lowest BCUT2D eigenvalue weighted by atomic mass is 10.1. The van der Waals surface area contributed by atoms with E-state index < -0.39 is 0 Å². The Labute approximate surface area is 204 Å². The Kier molecular flexibility index (Phi) is 6.58. The van der Waals surface area contributed by atoms with Crippen LogP contribution in [-0.2, 0) is 11.3 Å². The molecule has 2 aliphatic heterocycles. The highest BCUT2D eigenvalue weighted by Gasteiger charge is 2.24. The van der Waals surface area contributed by atoms with E-state index in [0.29, 0.717) is 18.1 Å². The van der Waals surface area contributed by atoms with Gasteiger partial charge in [-0.3, -0.25) is 9.48 Å². The molecule has 1 saturated heterocycles. The molecule has 0 spiro atoms. The number of nitrogens with zero attached hydrogens (tertiary/aromatic N) is 5. The standard InChI is InChI=1S/C27H26ClN5O/c28-23-11-7-10-22(18-23)24-19-25(21-8-3-1-4-9-21)33(30-24)20-27(34)32-16-14-31(15-17-32)26-12-5-2-6-13-29-26/h1-4,6-13,18-19H,5,14-17,20H2. The lowest BCUT2D eigenvalue weighted by molar-refractivity contribution is -0.133. The van der Waals surface area contributed by atoms with Gasteiger partial charge in [0.15, 0.2) is 0 Å². The van der Waals surface area contributed by atoms with E-state index in [2.05, 4.69) is 22.0 Å². The molecule has 0 atom stereocenters. The van der Waals surface area contributed by atoms with E-state index in [1.165, 1.54) is 0 Å². The molecule has 3 heterocycles. The second kappa shape index (κ2) is 10.1. The highest BCUT2D eigenvalue weighted by molar-refractivity contribution is 6.30. The zero-order chi connectivity index (χ0) is 23.3. The molecule has 2 aromatic carbocycles. The summed E-state index contributed by atoms with van der Waals surface area (Å²) >= 11 is 6.21. The second-order valence-electron chi connectivity index (χ2n) is 8.32. The van der Waals surface area contributed by atoms with Crippen LogP contribution in [0.2, 0.25) is 5.02 Å². The first kappa shape index (κ1) is 22.2. The summed E-state index contributed by atoms with van der Waals surface area (Å²) in [6.45, 7) is 3.07. The Hall–Kier alpha value is -3.64. The number of carbonyl (C=O) groups is 1. The van der Waals surface area contributed by atoms with Gasteiger partial charge in [0.25, 0.3) is 0 Å². The molecule has 0 bridgehead atoms. The summed E-state index contributed by atoms with van der Waals surface area (Å²) in [6, 6.07) is 19.7. The topological polar surface area (TPSA) is 53.7 Å². The first-order chi connectivity index (χ1) is 16.7. The summed E-state index contributed by atoms with van der Waals surface area (Å²) < 4.78 is 1.81. The summed E-state index contributed by atoms with van der Waals surface area (Å²) in [5.74, 6) is 1.05. The Morgan fingerprint density at radius 2 is 1.74 bits per heavy atom. The van der Waals surface area contributed by atoms with Gasteiger partial charge in [-0.2, -0.15) is 5.10 Å². The minimum atomic E-state index is 0.0672. The molecule has 0 N–H and O–H groups in total. The predicted molar refractivity (Wildman–Crippen MR) is 137 cm³/mol. The maximum absolute atomic E-state index is 13.3. The quantitative estimate of drug-likeness (QED) is 0.532. The molecule has 0 unspecified atom stereocenters. The normalized spacial score (nSPS) is 15.9. The van der Waals surface area contributed by atoms with Gasteiger partial charge in [0, 0.05) is 43.0 Å². The third-order valence-corrected chi connectivity index (χ3v) is 6.31. The average Bonchev–Trinajstić information content (AvgIpc) is 3.09. The Morgan fingerprint density at radius 3 is 2.53 bits per heavy atom. The van der Waals surface area contributed by atoms with Gasteiger partial charge in [0.05, 0.1) is 11.4 Å². The van der Waals surface area contributed by atoms with Gasteiger partial charge in [-0.25, -0.2) is 4.99 Å². The number of aliphatic imine (C=N–C) groups is 1. The predicted octanol–water partition coefficient (Wildman–Crippen LogP) is 4.89. The van der Waals surface area contributed by atoms with Crippen molar-refractivity contribution in [1.29, 1.82) is 0 Å². The van der Waals surface area contributed by atoms with Gasteiger partial charge in [-0.1, -0.05) is 60.1 Å². The third kappa shape index (κ3) is 4.97. The van der Waals surface area contributed by atoms with Crippen LogP contribution >= 0.6 is 11.6 Å².